The molecule has 0 aliphatic rings. The lowest BCUT2D eigenvalue weighted by Gasteiger charge is -2.25. The maximum absolute atomic E-state index is 12.3. The molecule has 2 aromatic rings. The molecular formula is C16H16BrNO4S. The van der Waals surface area contributed by atoms with Gasteiger partial charge >= 0.3 is 5.97 Å². The van der Waals surface area contributed by atoms with E-state index in [2.05, 4.69) is 21.2 Å². The Morgan fingerprint density at radius 2 is 2.00 bits per heavy atom. The van der Waals surface area contributed by atoms with E-state index >= 15 is 0 Å². The highest BCUT2D eigenvalue weighted by atomic mass is 79.9. The Morgan fingerprint density at radius 1 is 1.35 bits per heavy atom. The van der Waals surface area contributed by atoms with Gasteiger partial charge in [0, 0.05) is 12.6 Å². The van der Waals surface area contributed by atoms with Gasteiger partial charge in [-0.05, 0) is 28.4 Å². The molecule has 1 aromatic carbocycles. The van der Waals surface area contributed by atoms with E-state index in [-0.39, 0.29) is 12.5 Å². The van der Waals surface area contributed by atoms with Gasteiger partial charge in [-0.3, -0.25) is 9.59 Å². The van der Waals surface area contributed by atoms with Crippen LogP contribution in [0.1, 0.15) is 22.2 Å². The smallest absolute Gasteiger partial charge is 0.315 e. The van der Waals surface area contributed by atoms with Crippen LogP contribution in [0.3, 0.4) is 0 Å². The van der Waals surface area contributed by atoms with Crippen LogP contribution in [0.2, 0.25) is 0 Å². The summed E-state index contributed by atoms with van der Waals surface area (Å²) >= 11 is 4.55. The number of methoxy groups -OCH3 is 1. The van der Waals surface area contributed by atoms with E-state index < -0.39 is 11.4 Å². The summed E-state index contributed by atoms with van der Waals surface area (Å²) in [6, 6.07) is 10.5. The van der Waals surface area contributed by atoms with E-state index in [0.29, 0.717) is 20.0 Å². The molecule has 0 radical (unpaired) electrons. The number of carbonyl (C=O) groups is 2. The molecule has 0 aliphatic carbocycles. The van der Waals surface area contributed by atoms with E-state index in [1.165, 1.54) is 18.4 Å². The molecule has 1 atom stereocenters. The average molecular weight is 398 g/mol. The minimum Gasteiger partial charge on any atom is -0.495 e. The molecular weight excluding hydrogens is 382 g/mol. The molecule has 1 unspecified atom stereocenters. The Labute approximate surface area is 146 Å². The molecule has 7 heteroatoms. The number of rotatable bonds is 6. The molecule has 2 rings (SSSR count). The van der Waals surface area contributed by atoms with Crippen molar-refractivity contribution in [3.63, 3.8) is 0 Å². The number of amides is 1. The number of carbonyl (C=O) groups excluding carboxylic acids is 1. The predicted octanol–water partition coefficient (Wildman–Crippen LogP) is 3.29. The Bertz CT molecular complexity index is 716. The zero-order valence-corrected chi connectivity index (χ0v) is 15.0. The zero-order chi connectivity index (χ0) is 17.0. The van der Waals surface area contributed by atoms with Gasteiger partial charge in [0.2, 0.25) is 0 Å². The largest absolute Gasteiger partial charge is 0.495 e. The van der Waals surface area contributed by atoms with E-state index in [9.17, 15) is 14.7 Å². The monoisotopic (exact) mass is 397 g/mol. The number of carboxylic acids is 1. The molecule has 0 saturated heterocycles. The quantitative estimate of drug-likeness (QED) is 0.783. The number of nitrogens with one attached hydrogen (secondary N) is 1. The second-order valence-corrected chi connectivity index (χ2v) is 7.51. The summed E-state index contributed by atoms with van der Waals surface area (Å²) in [4.78, 5) is 24.4. The van der Waals surface area contributed by atoms with Crippen LogP contribution in [0.25, 0.3) is 0 Å². The molecule has 5 nitrogen and oxygen atoms in total. The number of benzene rings is 1. The number of hydrogen-bond donors (Lipinski definition) is 2. The Morgan fingerprint density at radius 3 is 2.52 bits per heavy atom. The van der Waals surface area contributed by atoms with Crippen molar-refractivity contribution in [2.24, 2.45) is 0 Å². The van der Waals surface area contributed by atoms with Gasteiger partial charge in [0.15, 0.2) is 0 Å². The highest BCUT2D eigenvalue weighted by molar-refractivity contribution is 9.11. The van der Waals surface area contributed by atoms with E-state index in [1.54, 1.807) is 37.3 Å². The fourth-order valence-electron chi connectivity index (χ4n) is 2.05. The number of carboxylic acid groups (broad SMARTS) is 1. The molecule has 1 heterocycles. The Balaban J connectivity index is 2.16. The lowest BCUT2D eigenvalue weighted by atomic mass is 9.82. The van der Waals surface area contributed by atoms with Gasteiger partial charge in [-0.1, -0.05) is 30.3 Å². The van der Waals surface area contributed by atoms with Gasteiger partial charge < -0.3 is 15.2 Å². The number of thiophene rings is 1. The van der Waals surface area contributed by atoms with Crippen LogP contribution in [0.4, 0.5) is 0 Å². The minimum atomic E-state index is -1.20. The highest BCUT2D eigenvalue weighted by Gasteiger charge is 2.35. The molecule has 0 bridgehead atoms. The maximum Gasteiger partial charge on any atom is 0.315 e. The van der Waals surface area contributed by atoms with Crippen molar-refractivity contribution in [1.29, 1.82) is 0 Å². The summed E-state index contributed by atoms with van der Waals surface area (Å²) in [5.41, 5.74) is -0.562. The third-order valence-corrected chi connectivity index (χ3v) is 5.36. The molecule has 0 fully saturated rings. The second kappa shape index (κ2) is 7.14. The SMILES string of the molecule is COc1cc(C(=O)NCC(C)(C(=O)O)c2ccccc2)sc1Br. The van der Waals surface area contributed by atoms with Gasteiger partial charge in [0.1, 0.15) is 15.0 Å². The summed E-state index contributed by atoms with van der Waals surface area (Å²) in [7, 11) is 1.52. The highest BCUT2D eigenvalue weighted by Crippen LogP contribution is 2.34. The summed E-state index contributed by atoms with van der Waals surface area (Å²) in [5, 5.41) is 12.3. The van der Waals surface area contributed by atoms with Crippen LogP contribution < -0.4 is 10.1 Å². The molecule has 0 aliphatic heterocycles. The van der Waals surface area contributed by atoms with Gasteiger partial charge in [0.25, 0.3) is 5.91 Å². The van der Waals surface area contributed by atoms with Gasteiger partial charge in [0.05, 0.1) is 12.0 Å². The summed E-state index contributed by atoms with van der Waals surface area (Å²) in [6.45, 7) is 1.58. The molecule has 1 aromatic heterocycles. The number of ether oxygens (including phenoxy) is 1. The van der Waals surface area contributed by atoms with Crippen LogP contribution in [0.5, 0.6) is 5.75 Å². The Kier molecular flexibility index (Phi) is 5.43. The number of hydrogen-bond acceptors (Lipinski definition) is 4. The first-order valence-electron chi connectivity index (χ1n) is 6.79. The average Bonchev–Trinajstić information content (AvgIpc) is 2.94. The molecule has 2 N–H and O–H groups in total. The third-order valence-electron chi connectivity index (χ3n) is 3.58. The zero-order valence-electron chi connectivity index (χ0n) is 12.6. The van der Waals surface area contributed by atoms with Gasteiger partial charge in [-0.2, -0.15) is 0 Å². The number of halogens is 1. The minimum absolute atomic E-state index is 0.0109. The van der Waals surface area contributed by atoms with Gasteiger partial charge in [-0.15, -0.1) is 11.3 Å². The van der Waals surface area contributed by atoms with E-state index in [0.717, 1.165) is 0 Å². The fourth-order valence-corrected chi connectivity index (χ4v) is 3.62. The van der Waals surface area contributed by atoms with E-state index in [1.807, 2.05) is 6.07 Å². The Hall–Kier alpha value is -1.86. The molecule has 0 saturated carbocycles. The summed E-state index contributed by atoms with van der Waals surface area (Å²) < 4.78 is 5.84. The first-order chi connectivity index (χ1) is 10.9. The van der Waals surface area contributed by atoms with Crippen molar-refractivity contribution in [3.05, 3.63) is 50.6 Å². The van der Waals surface area contributed by atoms with Crippen molar-refractivity contribution in [3.8, 4) is 5.75 Å². The normalized spacial score (nSPS) is 13.2. The summed E-state index contributed by atoms with van der Waals surface area (Å²) in [6.07, 6.45) is 0. The van der Waals surface area contributed by atoms with Gasteiger partial charge in [-0.25, -0.2) is 0 Å². The fraction of sp³-hybridized carbons (Fsp3) is 0.250. The maximum atomic E-state index is 12.3. The first-order valence-corrected chi connectivity index (χ1v) is 8.40. The van der Waals surface area contributed by atoms with Crippen LogP contribution in [-0.2, 0) is 10.2 Å². The lowest BCUT2D eigenvalue weighted by molar-refractivity contribution is -0.142. The van der Waals surface area contributed by atoms with Crippen LogP contribution >= 0.6 is 27.3 Å². The van der Waals surface area contributed by atoms with Crippen LogP contribution in [0, 0.1) is 0 Å². The predicted molar refractivity (Wildman–Crippen MR) is 92.3 cm³/mol. The standard InChI is InChI=1S/C16H16BrNO4S/c1-16(15(20)21,10-6-4-3-5-7-10)9-18-14(19)12-8-11(22-2)13(17)23-12/h3-8H,9H2,1-2H3,(H,18,19)(H,20,21). The molecule has 23 heavy (non-hydrogen) atoms. The topological polar surface area (TPSA) is 75.6 Å². The van der Waals surface area contributed by atoms with Crippen molar-refractivity contribution >= 4 is 39.1 Å². The van der Waals surface area contributed by atoms with Crippen molar-refractivity contribution in [2.45, 2.75) is 12.3 Å². The third kappa shape index (κ3) is 3.73. The second-order valence-electron chi connectivity index (χ2n) is 5.14. The summed E-state index contributed by atoms with van der Waals surface area (Å²) in [5.74, 6) is -0.749. The van der Waals surface area contributed by atoms with E-state index in [4.69, 9.17) is 4.74 Å². The number of aliphatic carboxylic acids is 1. The molecule has 0 spiro atoms. The van der Waals surface area contributed by atoms with Crippen molar-refractivity contribution in [2.75, 3.05) is 13.7 Å². The first kappa shape index (κ1) is 17.5. The molecule has 122 valence electrons. The van der Waals surface area contributed by atoms with Crippen LogP contribution in [-0.4, -0.2) is 30.6 Å². The van der Waals surface area contributed by atoms with Crippen molar-refractivity contribution < 1.29 is 19.4 Å². The lowest BCUT2D eigenvalue weighted by Crippen LogP contribution is -2.44. The van der Waals surface area contributed by atoms with Crippen molar-refractivity contribution in [1.82, 2.24) is 5.32 Å². The van der Waals surface area contributed by atoms with Crippen LogP contribution in [0.15, 0.2) is 40.2 Å². The molecule has 1 amide bonds.